The van der Waals surface area contributed by atoms with Crippen LogP contribution in [0.15, 0.2) is 47.8 Å². The van der Waals surface area contributed by atoms with E-state index in [2.05, 4.69) is 10.1 Å². The summed E-state index contributed by atoms with van der Waals surface area (Å²) in [5, 5.41) is 20.6. The molecule has 5 heteroatoms. The van der Waals surface area contributed by atoms with Gasteiger partial charge in [0.25, 0.3) is 0 Å². The average molecular weight is 267 g/mol. The summed E-state index contributed by atoms with van der Waals surface area (Å²) >= 11 is 0. The van der Waals surface area contributed by atoms with Gasteiger partial charge in [-0.3, -0.25) is 0 Å². The second-order valence-corrected chi connectivity index (χ2v) is 4.16. The Kier molecular flexibility index (Phi) is 4.30. The lowest BCUT2D eigenvalue weighted by molar-refractivity contribution is 0.306. The Balaban J connectivity index is 2.02. The molecule has 1 aromatic carbocycles. The van der Waals surface area contributed by atoms with Crippen LogP contribution < -0.4 is 4.74 Å². The molecule has 5 nitrogen and oxygen atoms in total. The van der Waals surface area contributed by atoms with Gasteiger partial charge in [-0.1, -0.05) is 5.16 Å². The summed E-state index contributed by atoms with van der Waals surface area (Å²) in [5.41, 5.74) is 2.63. The van der Waals surface area contributed by atoms with Gasteiger partial charge in [-0.05, 0) is 54.4 Å². The first-order valence-corrected chi connectivity index (χ1v) is 6.00. The van der Waals surface area contributed by atoms with Gasteiger partial charge in [-0.2, -0.15) is 5.26 Å². The van der Waals surface area contributed by atoms with Gasteiger partial charge in [-0.15, -0.1) is 0 Å². The standard InChI is InChI=1S/C15H13N3O2/c1-11(18-19)13-2-4-15(5-3-13)20-10-12-6-7-17-14(8-12)9-16/h2-8,19H,10H2,1H3. The van der Waals surface area contributed by atoms with E-state index in [-0.39, 0.29) is 0 Å². The summed E-state index contributed by atoms with van der Waals surface area (Å²) in [6.07, 6.45) is 1.58. The molecule has 0 aliphatic heterocycles. The van der Waals surface area contributed by atoms with Crippen molar-refractivity contribution in [3.8, 4) is 11.8 Å². The van der Waals surface area contributed by atoms with Crippen LogP contribution in [0.1, 0.15) is 23.7 Å². The molecule has 1 heterocycles. The topological polar surface area (TPSA) is 78.5 Å². The lowest BCUT2D eigenvalue weighted by atomic mass is 10.1. The molecule has 20 heavy (non-hydrogen) atoms. The predicted octanol–water partition coefficient (Wildman–Crippen LogP) is 2.73. The Morgan fingerprint density at radius 2 is 2.10 bits per heavy atom. The smallest absolute Gasteiger partial charge is 0.140 e. The maximum atomic E-state index is 8.77. The number of rotatable bonds is 4. The molecular formula is C15H13N3O2. The van der Waals surface area contributed by atoms with Gasteiger partial charge in [0.2, 0.25) is 0 Å². The van der Waals surface area contributed by atoms with Crippen molar-refractivity contribution in [2.45, 2.75) is 13.5 Å². The fourth-order valence-corrected chi connectivity index (χ4v) is 1.64. The summed E-state index contributed by atoms with van der Waals surface area (Å²) in [6.45, 7) is 2.08. The van der Waals surface area contributed by atoms with Crippen LogP contribution in [0.3, 0.4) is 0 Å². The second-order valence-electron chi connectivity index (χ2n) is 4.16. The number of hydrogen-bond acceptors (Lipinski definition) is 5. The molecule has 0 amide bonds. The molecule has 2 rings (SSSR count). The quantitative estimate of drug-likeness (QED) is 0.525. The van der Waals surface area contributed by atoms with Crippen molar-refractivity contribution < 1.29 is 9.94 Å². The molecule has 0 atom stereocenters. The summed E-state index contributed by atoms with van der Waals surface area (Å²) in [6, 6.07) is 12.7. The van der Waals surface area contributed by atoms with Crippen LogP contribution in [-0.4, -0.2) is 15.9 Å². The van der Waals surface area contributed by atoms with Crippen molar-refractivity contribution >= 4 is 5.71 Å². The first-order valence-electron chi connectivity index (χ1n) is 6.00. The van der Waals surface area contributed by atoms with Crippen LogP contribution in [0.4, 0.5) is 0 Å². The highest BCUT2D eigenvalue weighted by molar-refractivity contribution is 5.98. The zero-order valence-corrected chi connectivity index (χ0v) is 10.9. The van der Waals surface area contributed by atoms with Crippen molar-refractivity contribution in [2.75, 3.05) is 0 Å². The van der Waals surface area contributed by atoms with Gasteiger partial charge in [-0.25, -0.2) is 4.98 Å². The van der Waals surface area contributed by atoms with Crippen LogP contribution >= 0.6 is 0 Å². The van der Waals surface area contributed by atoms with Crippen molar-refractivity contribution in [3.63, 3.8) is 0 Å². The van der Waals surface area contributed by atoms with E-state index in [0.717, 1.165) is 11.1 Å². The summed E-state index contributed by atoms with van der Waals surface area (Å²) in [7, 11) is 0. The minimum absolute atomic E-state index is 0.365. The van der Waals surface area contributed by atoms with Crippen LogP contribution in [0, 0.1) is 11.3 Å². The first-order chi connectivity index (χ1) is 9.72. The number of oxime groups is 1. The highest BCUT2D eigenvalue weighted by Crippen LogP contribution is 2.15. The maximum Gasteiger partial charge on any atom is 0.140 e. The van der Waals surface area contributed by atoms with Crippen LogP contribution in [-0.2, 0) is 6.61 Å². The van der Waals surface area contributed by atoms with Crippen LogP contribution in [0.2, 0.25) is 0 Å². The number of hydrogen-bond donors (Lipinski definition) is 1. The average Bonchev–Trinajstić information content (AvgIpc) is 2.53. The Morgan fingerprint density at radius 1 is 1.35 bits per heavy atom. The number of benzene rings is 1. The number of nitriles is 1. The maximum absolute atomic E-state index is 8.77. The largest absolute Gasteiger partial charge is 0.489 e. The Morgan fingerprint density at radius 3 is 2.75 bits per heavy atom. The molecule has 0 bridgehead atoms. The highest BCUT2D eigenvalue weighted by atomic mass is 16.5. The van der Waals surface area contributed by atoms with E-state index in [1.807, 2.05) is 18.2 Å². The molecule has 100 valence electrons. The van der Waals surface area contributed by atoms with Gasteiger partial charge >= 0.3 is 0 Å². The summed E-state index contributed by atoms with van der Waals surface area (Å²) in [4.78, 5) is 3.90. The van der Waals surface area contributed by atoms with E-state index in [4.69, 9.17) is 15.2 Å². The molecule has 0 fully saturated rings. The Hall–Kier alpha value is -2.87. The second kappa shape index (κ2) is 6.34. The molecule has 0 radical (unpaired) electrons. The lowest BCUT2D eigenvalue weighted by Gasteiger charge is -2.07. The normalized spacial score (nSPS) is 10.9. The molecule has 2 aromatic rings. The molecule has 1 aromatic heterocycles. The Bertz CT molecular complexity index is 658. The molecule has 0 saturated heterocycles. The molecule has 0 aliphatic rings. The van der Waals surface area contributed by atoms with Crippen molar-refractivity contribution in [1.82, 2.24) is 4.98 Å². The van der Waals surface area contributed by atoms with Crippen molar-refractivity contribution in [2.24, 2.45) is 5.16 Å². The van der Waals surface area contributed by atoms with Gasteiger partial charge in [0, 0.05) is 6.20 Å². The van der Waals surface area contributed by atoms with E-state index in [9.17, 15) is 0 Å². The minimum Gasteiger partial charge on any atom is -0.489 e. The number of pyridine rings is 1. The van der Waals surface area contributed by atoms with Gasteiger partial charge in [0.05, 0.1) is 5.71 Å². The zero-order chi connectivity index (χ0) is 14.4. The highest BCUT2D eigenvalue weighted by Gasteiger charge is 2.01. The monoisotopic (exact) mass is 267 g/mol. The molecular weight excluding hydrogens is 254 g/mol. The van der Waals surface area contributed by atoms with Crippen LogP contribution in [0.25, 0.3) is 0 Å². The Labute approximate surface area is 116 Å². The van der Waals surface area contributed by atoms with Crippen LogP contribution in [0.5, 0.6) is 5.75 Å². The number of ether oxygens (including phenoxy) is 1. The third kappa shape index (κ3) is 3.33. The fraction of sp³-hybridized carbons (Fsp3) is 0.133. The predicted molar refractivity (Wildman–Crippen MR) is 73.7 cm³/mol. The van der Waals surface area contributed by atoms with E-state index in [0.29, 0.717) is 23.8 Å². The minimum atomic E-state index is 0.365. The van der Waals surface area contributed by atoms with E-state index in [1.54, 1.807) is 37.4 Å². The first kappa shape index (κ1) is 13.6. The SMILES string of the molecule is CC(=NO)c1ccc(OCc2ccnc(C#N)c2)cc1. The molecule has 0 unspecified atom stereocenters. The van der Waals surface area contributed by atoms with Gasteiger partial charge < -0.3 is 9.94 Å². The third-order valence-corrected chi connectivity index (χ3v) is 2.77. The van der Waals surface area contributed by atoms with Gasteiger partial charge in [0.15, 0.2) is 0 Å². The van der Waals surface area contributed by atoms with E-state index >= 15 is 0 Å². The van der Waals surface area contributed by atoms with Crippen molar-refractivity contribution in [1.29, 1.82) is 5.26 Å². The van der Waals surface area contributed by atoms with E-state index in [1.165, 1.54) is 0 Å². The van der Waals surface area contributed by atoms with E-state index < -0.39 is 0 Å². The molecule has 0 spiro atoms. The summed E-state index contributed by atoms with van der Waals surface area (Å²) in [5.74, 6) is 0.704. The third-order valence-electron chi connectivity index (χ3n) is 2.77. The van der Waals surface area contributed by atoms with Gasteiger partial charge in [0.1, 0.15) is 24.1 Å². The number of nitrogens with zero attached hydrogens (tertiary/aromatic N) is 3. The number of aromatic nitrogens is 1. The molecule has 0 saturated carbocycles. The summed E-state index contributed by atoms with van der Waals surface area (Å²) < 4.78 is 5.62. The fourth-order valence-electron chi connectivity index (χ4n) is 1.64. The molecule has 0 aliphatic carbocycles. The molecule has 1 N–H and O–H groups in total. The zero-order valence-electron chi connectivity index (χ0n) is 10.9. The van der Waals surface area contributed by atoms with Crippen molar-refractivity contribution in [3.05, 3.63) is 59.4 Å². The lowest BCUT2D eigenvalue weighted by Crippen LogP contribution is -1.98.